The Kier molecular flexibility index (Phi) is 8.67. The molecule has 0 spiro atoms. The second kappa shape index (κ2) is 10.2. The van der Waals surface area contributed by atoms with Crippen LogP contribution in [0.3, 0.4) is 0 Å². The Morgan fingerprint density at radius 1 is 0.958 bits per heavy atom. The van der Waals surface area contributed by atoms with Crippen molar-refractivity contribution < 1.29 is 10.2 Å². The highest BCUT2D eigenvalue weighted by atomic mass is 16.3. The molecule has 1 aromatic carbocycles. The van der Waals surface area contributed by atoms with E-state index >= 15 is 0 Å². The maximum absolute atomic E-state index is 10.3. The van der Waals surface area contributed by atoms with E-state index in [0.29, 0.717) is 12.0 Å². The van der Waals surface area contributed by atoms with Gasteiger partial charge in [-0.3, -0.25) is 0 Å². The van der Waals surface area contributed by atoms with E-state index in [1.807, 2.05) is 12.1 Å². The van der Waals surface area contributed by atoms with E-state index in [9.17, 15) is 10.2 Å². The minimum atomic E-state index is 0.220. The molecule has 0 unspecified atom stereocenters. The zero-order chi connectivity index (χ0) is 18.1. The van der Waals surface area contributed by atoms with Gasteiger partial charge in [-0.15, -0.1) is 0 Å². The first-order valence-corrected chi connectivity index (χ1v) is 9.17. The van der Waals surface area contributed by atoms with Gasteiger partial charge in [0.05, 0.1) is 0 Å². The van der Waals surface area contributed by atoms with Gasteiger partial charge < -0.3 is 10.2 Å². The molecule has 0 atom stereocenters. The first-order valence-electron chi connectivity index (χ1n) is 9.17. The maximum Gasteiger partial charge on any atom is 0.123 e. The summed E-state index contributed by atoms with van der Waals surface area (Å²) in [4.78, 5) is 0. The average molecular weight is 331 g/mol. The van der Waals surface area contributed by atoms with Gasteiger partial charge in [0.2, 0.25) is 0 Å². The van der Waals surface area contributed by atoms with Crippen molar-refractivity contribution in [3.8, 4) is 11.5 Å². The monoisotopic (exact) mass is 330 g/mol. The fourth-order valence-electron chi connectivity index (χ4n) is 2.81. The van der Waals surface area contributed by atoms with Crippen molar-refractivity contribution in [1.29, 1.82) is 0 Å². The highest BCUT2D eigenvalue weighted by Crippen LogP contribution is 2.32. The van der Waals surface area contributed by atoms with Crippen LogP contribution in [0.1, 0.15) is 77.8 Å². The molecule has 0 aliphatic rings. The van der Waals surface area contributed by atoms with Gasteiger partial charge in [0.15, 0.2) is 0 Å². The van der Waals surface area contributed by atoms with Gasteiger partial charge in [0.25, 0.3) is 0 Å². The molecular formula is C22H34O2. The second-order valence-electron chi connectivity index (χ2n) is 7.13. The summed E-state index contributed by atoms with van der Waals surface area (Å²) >= 11 is 0. The number of unbranched alkanes of at least 4 members (excludes halogenated alkanes) is 2. The summed E-state index contributed by atoms with van der Waals surface area (Å²) in [7, 11) is 0. The Labute approximate surface area is 147 Å². The molecular weight excluding hydrogens is 296 g/mol. The normalized spacial score (nSPS) is 12.0. The molecule has 2 N–H and O–H groups in total. The van der Waals surface area contributed by atoms with Crippen LogP contribution in [0.15, 0.2) is 34.9 Å². The summed E-state index contributed by atoms with van der Waals surface area (Å²) in [5.74, 6) is 0.441. The summed E-state index contributed by atoms with van der Waals surface area (Å²) < 4.78 is 0. The average Bonchev–Trinajstić information content (AvgIpc) is 2.50. The fourth-order valence-corrected chi connectivity index (χ4v) is 2.81. The van der Waals surface area contributed by atoms with E-state index in [0.717, 1.165) is 31.2 Å². The van der Waals surface area contributed by atoms with Crippen molar-refractivity contribution in [1.82, 2.24) is 0 Å². The lowest BCUT2D eigenvalue weighted by Crippen LogP contribution is -1.95. The summed E-state index contributed by atoms with van der Waals surface area (Å²) in [5.41, 5.74) is 5.56. The molecule has 0 radical (unpaired) electrons. The molecule has 0 aliphatic heterocycles. The van der Waals surface area contributed by atoms with Gasteiger partial charge in [-0.2, -0.15) is 0 Å². The lowest BCUT2D eigenvalue weighted by atomic mass is 9.96. The highest BCUT2D eigenvalue weighted by molar-refractivity contribution is 5.48. The summed E-state index contributed by atoms with van der Waals surface area (Å²) in [6.45, 7) is 10.6. The molecule has 0 heterocycles. The number of allylic oxidation sites excluding steroid dienone is 4. The van der Waals surface area contributed by atoms with Crippen molar-refractivity contribution in [2.75, 3.05) is 0 Å². The quantitative estimate of drug-likeness (QED) is 0.403. The molecule has 0 fully saturated rings. The Morgan fingerprint density at radius 2 is 1.58 bits per heavy atom. The Bertz CT molecular complexity index is 567. The SMILES string of the molecule is CCCCCc1cc(O)c(C/C(C)=C(\C)CCC=C(C)C)c(O)c1. The third-order valence-electron chi connectivity index (χ3n) is 4.57. The standard InChI is InChI=1S/C22H34O2/c1-6-7-8-12-19-14-21(23)20(22(24)15-19)13-18(5)17(4)11-9-10-16(2)3/h10,14-15,23-24H,6-9,11-13H2,1-5H3/b18-17+. The van der Waals surface area contributed by atoms with Crippen molar-refractivity contribution in [3.63, 3.8) is 0 Å². The van der Waals surface area contributed by atoms with Crippen molar-refractivity contribution in [2.24, 2.45) is 0 Å². The molecule has 0 aromatic heterocycles. The Morgan fingerprint density at radius 3 is 2.12 bits per heavy atom. The lowest BCUT2D eigenvalue weighted by Gasteiger charge is -2.13. The Balaban J connectivity index is 2.81. The van der Waals surface area contributed by atoms with Crippen LogP contribution in [0.4, 0.5) is 0 Å². The van der Waals surface area contributed by atoms with E-state index < -0.39 is 0 Å². The zero-order valence-electron chi connectivity index (χ0n) is 16.1. The minimum absolute atomic E-state index is 0.220. The van der Waals surface area contributed by atoms with Crippen molar-refractivity contribution in [3.05, 3.63) is 46.1 Å². The molecule has 24 heavy (non-hydrogen) atoms. The zero-order valence-corrected chi connectivity index (χ0v) is 16.1. The number of benzene rings is 1. The third-order valence-corrected chi connectivity index (χ3v) is 4.57. The predicted octanol–water partition coefficient (Wildman–Crippen LogP) is 6.46. The second-order valence-corrected chi connectivity index (χ2v) is 7.13. The van der Waals surface area contributed by atoms with Crippen LogP contribution in [0, 0.1) is 0 Å². The van der Waals surface area contributed by atoms with Gasteiger partial charge in [0.1, 0.15) is 11.5 Å². The fraction of sp³-hybridized carbons (Fsp3) is 0.545. The smallest absolute Gasteiger partial charge is 0.123 e. The van der Waals surface area contributed by atoms with Crippen LogP contribution >= 0.6 is 0 Å². The van der Waals surface area contributed by atoms with Crippen LogP contribution in [0.25, 0.3) is 0 Å². The number of rotatable bonds is 9. The minimum Gasteiger partial charge on any atom is -0.508 e. The molecule has 1 aromatic rings. The number of phenols is 2. The number of hydrogen-bond donors (Lipinski definition) is 2. The topological polar surface area (TPSA) is 40.5 Å². The molecule has 1 rings (SSSR count). The number of phenolic OH excluding ortho intramolecular Hbond substituents is 2. The van der Waals surface area contributed by atoms with E-state index in [-0.39, 0.29) is 11.5 Å². The van der Waals surface area contributed by atoms with Crippen LogP contribution in [-0.2, 0) is 12.8 Å². The third kappa shape index (κ3) is 6.82. The molecule has 2 heteroatoms. The molecule has 2 nitrogen and oxygen atoms in total. The Hall–Kier alpha value is -1.70. The lowest BCUT2D eigenvalue weighted by molar-refractivity contribution is 0.438. The van der Waals surface area contributed by atoms with Crippen molar-refractivity contribution in [2.45, 2.75) is 79.6 Å². The summed E-state index contributed by atoms with van der Waals surface area (Å²) in [6, 6.07) is 3.63. The van der Waals surface area contributed by atoms with E-state index in [4.69, 9.17) is 0 Å². The van der Waals surface area contributed by atoms with E-state index in [1.165, 1.54) is 29.6 Å². The predicted molar refractivity (Wildman–Crippen MR) is 104 cm³/mol. The summed E-state index contributed by atoms with van der Waals surface area (Å²) in [6.07, 6.45) is 9.27. The van der Waals surface area contributed by atoms with Gasteiger partial charge in [-0.25, -0.2) is 0 Å². The largest absolute Gasteiger partial charge is 0.508 e. The molecule has 0 aliphatic carbocycles. The van der Waals surface area contributed by atoms with Crippen LogP contribution in [-0.4, -0.2) is 10.2 Å². The summed E-state index contributed by atoms with van der Waals surface area (Å²) in [5, 5.41) is 20.6. The molecule has 0 saturated carbocycles. The van der Waals surface area contributed by atoms with Crippen molar-refractivity contribution >= 4 is 0 Å². The first kappa shape index (κ1) is 20.3. The van der Waals surface area contributed by atoms with Gasteiger partial charge in [-0.05, 0) is 71.1 Å². The highest BCUT2D eigenvalue weighted by Gasteiger charge is 2.11. The van der Waals surface area contributed by atoms with Crippen LogP contribution in [0.2, 0.25) is 0 Å². The number of aryl methyl sites for hydroxylation is 1. The van der Waals surface area contributed by atoms with Gasteiger partial charge in [0, 0.05) is 12.0 Å². The molecule has 0 bridgehead atoms. The van der Waals surface area contributed by atoms with Crippen LogP contribution < -0.4 is 0 Å². The van der Waals surface area contributed by atoms with E-state index in [2.05, 4.69) is 40.7 Å². The first-order chi connectivity index (χ1) is 11.3. The van der Waals surface area contributed by atoms with Gasteiger partial charge >= 0.3 is 0 Å². The van der Waals surface area contributed by atoms with Crippen LogP contribution in [0.5, 0.6) is 11.5 Å². The van der Waals surface area contributed by atoms with E-state index in [1.54, 1.807) is 0 Å². The molecule has 0 amide bonds. The number of hydrogen-bond acceptors (Lipinski definition) is 2. The maximum atomic E-state index is 10.3. The number of aromatic hydroxyl groups is 2. The van der Waals surface area contributed by atoms with Gasteiger partial charge in [-0.1, -0.05) is 42.6 Å². The molecule has 0 saturated heterocycles. The molecule has 134 valence electrons.